The van der Waals surface area contributed by atoms with Crippen LogP contribution in [0.5, 0.6) is 0 Å². The van der Waals surface area contributed by atoms with Gasteiger partial charge in [0, 0.05) is 18.4 Å². The van der Waals surface area contributed by atoms with Crippen LogP contribution >= 0.6 is 0 Å². The van der Waals surface area contributed by atoms with Crippen molar-refractivity contribution in [2.75, 3.05) is 13.2 Å². The number of rotatable bonds is 4. The van der Waals surface area contributed by atoms with Crippen LogP contribution in [-0.4, -0.2) is 85.4 Å². The highest BCUT2D eigenvalue weighted by atomic mass is 16.6. The zero-order valence-electron chi connectivity index (χ0n) is 24.0. The Kier molecular flexibility index (Phi) is 8.79. The second-order valence-electron chi connectivity index (χ2n) is 11.8. The van der Waals surface area contributed by atoms with Gasteiger partial charge < -0.3 is 25.0 Å². The number of hydrogen-bond donors (Lipinski definition) is 2. The van der Waals surface area contributed by atoms with Crippen LogP contribution in [-0.2, 0) is 30.9 Å². The number of fused-ring (bicyclic) bond motifs is 2. The minimum atomic E-state index is -1.16. The summed E-state index contributed by atoms with van der Waals surface area (Å²) in [6, 6.07) is -1.78. The maximum Gasteiger partial charge on any atom is 0.408 e. The third kappa shape index (κ3) is 6.79. The van der Waals surface area contributed by atoms with Crippen molar-refractivity contribution in [3.05, 3.63) is 18.0 Å². The number of alkyl carbamates (subject to hydrolysis) is 1. The molecule has 0 bridgehead atoms. The van der Waals surface area contributed by atoms with Gasteiger partial charge in [0.2, 0.25) is 11.8 Å². The minimum absolute atomic E-state index is 0.171. The van der Waals surface area contributed by atoms with Gasteiger partial charge in [0.15, 0.2) is 5.82 Å². The number of carbonyl (C=O) groups is 4. The van der Waals surface area contributed by atoms with Gasteiger partial charge in [0.05, 0.1) is 13.7 Å². The van der Waals surface area contributed by atoms with E-state index in [1.807, 2.05) is 12.2 Å². The molecule has 40 heavy (non-hydrogen) atoms. The summed E-state index contributed by atoms with van der Waals surface area (Å²) in [4.78, 5) is 56.3. The molecule has 1 aliphatic carbocycles. The molecule has 3 amide bonds. The minimum Gasteiger partial charge on any atom is -0.464 e. The van der Waals surface area contributed by atoms with Crippen LogP contribution in [0.25, 0.3) is 0 Å². The first-order valence-corrected chi connectivity index (χ1v) is 14.1. The number of amides is 3. The molecule has 2 fully saturated rings. The molecular formula is C27H41N7O6. The largest absolute Gasteiger partial charge is 0.464 e. The zero-order chi connectivity index (χ0) is 29.1. The Bertz CT molecular complexity index is 1140. The molecule has 0 aromatic carbocycles. The topological polar surface area (TPSA) is 158 Å². The number of aromatic nitrogens is 4. The van der Waals surface area contributed by atoms with E-state index in [1.54, 1.807) is 34.7 Å². The molecule has 220 valence electrons. The summed E-state index contributed by atoms with van der Waals surface area (Å²) in [7, 11) is 1.65. The molecule has 3 heterocycles. The van der Waals surface area contributed by atoms with Crippen molar-refractivity contribution in [2.24, 2.45) is 13.0 Å². The van der Waals surface area contributed by atoms with Crippen molar-refractivity contribution in [3.8, 4) is 0 Å². The molecule has 5 atom stereocenters. The van der Waals surface area contributed by atoms with Crippen LogP contribution in [0.1, 0.15) is 84.4 Å². The van der Waals surface area contributed by atoms with Crippen molar-refractivity contribution in [2.45, 2.75) is 102 Å². The predicted octanol–water partition coefficient (Wildman–Crippen LogP) is 1.75. The standard InChI is InChI=1S/C27H41N7O6/c1-6-39-24(37)27-15-18(27)12-10-8-7-9-11-13-19(28-25(38)40-26(2,3)4)23(36)34-16-17(14-20(34)22(35)29-27)21-30-32-33(5)31-21/h10,12,17-20H,6-9,11,13-16H2,1-5H3,(H,28,38)(H,29,35)/b12-10-/t17-,18-,19+,20+,27-/m1/s1. The highest BCUT2D eigenvalue weighted by Crippen LogP contribution is 2.46. The Balaban J connectivity index is 1.64. The highest BCUT2D eigenvalue weighted by molar-refractivity contribution is 5.96. The number of tetrazole rings is 1. The van der Waals surface area contributed by atoms with Gasteiger partial charge in [0.1, 0.15) is 23.2 Å². The third-order valence-corrected chi connectivity index (χ3v) is 7.50. The van der Waals surface area contributed by atoms with Gasteiger partial charge in [-0.2, -0.15) is 4.80 Å². The third-order valence-electron chi connectivity index (χ3n) is 7.50. The van der Waals surface area contributed by atoms with Gasteiger partial charge in [-0.25, -0.2) is 9.59 Å². The lowest BCUT2D eigenvalue weighted by Crippen LogP contribution is -2.56. The summed E-state index contributed by atoms with van der Waals surface area (Å²) in [5.41, 5.74) is -1.89. The number of hydrogen-bond acceptors (Lipinski definition) is 9. The van der Waals surface area contributed by atoms with Crippen LogP contribution in [0.3, 0.4) is 0 Å². The molecule has 13 nitrogen and oxygen atoms in total. The number of nitrogens with one attached hydrogen (secondary N) is 2. The molecule has 0 spiro atoms. The fourth-order valence-corrected chi connectivity index (χ4v) is 5.45. The van der Waals surface area contributed by atoms with E-state index in [0.29, 0.717) is 25.1 Å². The summed E-state index contributed by atoms with van der Waals surface area (Å²) in [6.45, 7) is 7.35. The zero-order valence-corrected chi connectivity index (χ0v) is 24.0. The molecule has 0 unspecified atom stereocenters. The lowest BCUT2D eigenvalue weighted by Gasteiger charge is -2.30. The van der Waals surface area contributed by atoms with Crippen LogP contribution in [0.15, 0.2) is 12.2 Å². The second-order valence-corrected chi connectivity index (χ2v) is 11.8. The molecular weight excluding hydrogens is 518 g/mol. The molecule has 2 aliphatic heterocycles. The normalized spacial score (nSPS) is 30.2. The average molecular weight is 560 g/mol. The Morgan fingerprint density at radius 1 is 1.23 bits per heavy atom. The Labute approximate surface area is 234 Å². The lowest BCUT2D eigenvalue weighted by molar-refractivity contribution is -0.150. The van der Waals surface area contributed by atoms with Crippen LogP contribution in [0.4, 0.5) is 4.79 Å². The van der Waals surface area contributed by atoms with E-state index < -0.39 is 41.2 Å². The van der Waals surface area contributed by atoms with E-state index in [-0.39, 0.29) is 37.3 Å². The second kappa shape index (κ2) is 11.9. The SMILES string of the molecule is CCOC(=O)[C@@]12C[C@H]1/C=C\CCCCC[C@H](NC(=O)OC(C)(C)C)C(=O)N1C[C@H](c3nnn(C)n3)C[C@H]1C(=O)N2. The maximum absolute atomic E-state index is 14.0. The van der Waals surface area contributed by atoms with Crippen molar-refractivity contribution in [3.63, 3.8) is 0 Å². The monoisotopic (exact) mass is 559 g/mol. The summed E-state index contributed by atoms with van der Waals surface area (Å²) in [6.07, 6.45) is 7.67. The van der Waals surface area contributed by atoms with E-state index in [0.717, 1.165) is 19.3 Å². The smallest absolute Gasteiger partial charge is 0.408 e. The predicted molar refractivity (Wildman–Crippen MR) is 143 cm³/mol. The molecule has 2 N–H and O–H groups in total. The van der Waals surface area contributed by atoms with Crippen molar-refractivity contribution in [1.82, 2.24) is 35.7 Å². The number of ether oxygens (including phenoxy) is 2. The van der Waals surface area contributed by atoms with E-state index in [2.05, 4.69) is 26.0 Å². The summed E-state index contributed by atoms with van der Waals surface area (Å²) in [5, 5.41) is 18.0. The molecule has 1 saturated carbocycles. The first-order chi connectivity index (χ1) is 18.9. The van der Waals surface area contributed by atoms with Crippen molar-refractivity contribution < 1.29 is 28.7 Å². The van der Waals surface area contributed by atoms with Gasteiger partial charge in [-0.05, 0) is 65.0 Å². The number of carbonyl (C=O) groups excluding carboxylic acids is 4. The number of aryl methyl sites for hydroxylation is 1. The first-order valence-electron chi connectivity index (χ1n) is 14.1. The number of allylic oxidation sites excluding steroid dienone is 1. The van der Waals surface area contributed by atoms with Gasteiger partial charge >= 0.3 is 12.1 Å². The molecule has 4 rings (SSSR count). The molecule has 1 saturated heterocycles. The van der Waals surface area contributed by atoms with Crippen LogP contribution in [0, 0.1) is 5.92 Å². The maximum atomic E-state index is 14.0. The fraction of sp³-hybridized carbons (Fsp3) is 0.741. The van der Waals surface area contributed by atoms with E-state index in [1.165, 1.54) is 9.70 Å². The number of nitrogens with zero attached hydrogens (tertiary/aromatic N) is 5. The van der Waals surface area contributed by atoms with E-state index in [4.69, 9.17) is 9.47 Å². The lowest BCUT2D eigenvalue weighted by atomic mass is 10.0. The molecule has 1 aromatic heterocycles. The van der Waals surface area contributed by atoms with Crippen molar-refractivity contribution in [1.29, 1.82) is 0 Å². The quantitative estimate of drug-likeness (QED) is 0.414. The molecule has 0 radical (unpaired) electrons. The van der Waals surface area contributed by atoms with Gasteiger partial charge in [-0.1, -0.05) is 25.0 Å². The van der Waals surface area contributed by atoms with Crippen LogP contribution in [0.2, 0.25) is 0 Å². The van der Waals surface area contributed by atoms with Gasteiger partial charge in [-0.3, -0.25) is 9.59 Å². The molecule has 13 heteroatoms. The highest BCUT2D eigenvalue weighted by Gasteiger charge is 2.62. The fourth-order valence-electron chi connectivity index (χ4n) is 5.45. The summed E-state index contributed by atoms with van der Waals surface area (Å²) < 4.78 is 10.8. The summed E-state index contributed by atoms with van der Waals surface area (Å²) >= 11 is 0. The number of esters is 1. The average Bonchev–Trinajstić information content (AvgIpc) is 3.17. The molecule has 1 aromatic rings. The Morgan fingerprint density at radius 2 is 2.00 bits per heavy atom. The van der Waals surface area contributed by atoms with E-state index in [9.17, 15) is 19.2 Å². The van der Waals surface area contributed by atoms with Gasteiger partial charge in [0.25, 0.3) is 0 Å². The van der Waals surface area contributed by atoms with Crippen molar-refractivity contribution >= 4 is 23.9 Å². The van der Waals surface area contributed by atoms with Crippen LogP contribution < -0.4 is 10.6 Å². The van der Waals surface area contributed by atoms with E-state index >= 15 is 0 Å². The first kappa shape index (κ1) is 29.5. The summed E-state index contributed by atoms with van der Waals surface area (Å²) in [5.74, 6) is -1.41. The van der Waals surface area contributed by atoms with Gasteiger partial charge in [-0.15, -0.1) is 10.2 Å². The molecule has 3 aliphatic rings. The Hall–Kier alpha value is -3.51. The Morgan fingerprint density at radius 3 is 2.67 bits per heavy atom.